The number of hydrogen-bond donors (Lipinski definition) is 2. The Bertz CT molecular complexity index is 286. The van der Waals surface area contributed by atoms with Crippen LogP contribution < -0.4 is 0 Å². The number of nitrogens with zero attached hydrogens (tertiary/aromatic N) is 2. The second-order valence-electron chi connectivity index (χ2n) is 4.68. The molecule has 0 aromatic heterocycles. The summed E-state index contributed by atoms with van der Waals surface area (Å²) in [4.78, 5) is 20.2. The molecule has 0 amide bonds. The average molecular weight is 260 g/mol. The minimum Gasteiger partial charge on any atom is -0.481 e. The quantitative estimate of drug-likeness (QED) is 0.566. The molecule has 2 N–H and O–H groups in total. The standard InChI is InChI=1S/C8H16N2O2.C4H8O2/c1-4-5-6-9-10-8(2,3)7(11)12;1-3(2)4(5)6/h4-6H2,1-3H3,(H,11,12);3H,1-2H3,(H,5,6). The predicted octanol–water partition coefficient (Wildman–Crippen LogP) is 2.83. The molecule has 0 radical (unpaired) electrons. The van der Waals surface area contributed by atoms with Crippen LogP contribution in [0.2, 0.25) is 0 Å². The fraction of sp³-hybridized carbons (Fsp3) is 0.833. The predicted molar refractivity (Wildman–Crippen MR) is 68.8 cm³/mol. The van der Waals surface area contributed by atoms with Gasteiger partial charge in [-0.05, 0) is 20.3 Å². The highest BCUT2D eigenvalue weighted by Crippen LogP contribution is 2.09. The molecular formula is C12H24N2O4. The van der Waals surface area contributed by atoms with E-state index in [1.807, 2.05) is 0 Å². The van der Waals surface area contributed by atoms with E-state index in [0.29, 0.717) is 6.54 Å². The first-order chi connectivity index (χ1) is 8.15. The van der Waals surface area contributed by atoms with Gasteiger partial charge in [0.1, 0.15) is 0 Å². The van der Waals surface area contributed by atoms with Gasteiger partial charge in [-0.3, -0.25) is 4.79 Å². The van der Waals surface area contributed by atoms with E-state index < -0.39 is 17.5 Å². The smallest absolute Gasteiger partial charge is 0.332 e. The van der Waals surface area contributed by atoms with Crippen molar-refractivity contribution >= 4 is 11.9 Å². The first-order valence-corrected chi connectivity index (χ1v) is 6.00. The van der Waals surface area contributed by atoms with Gasteiger partial charge >= 0.3 is 11.9 Å². The van der Waals surface area contributed by atoms with Crippen LogP contribution in [0.5, 0.6) is 0 Å². The van der Waals surface area contributed by atoms with Crippen molar-refractivity contribution in [3.8, 4) is 0 Å². The fourth-order valence-electron chi connectivity index (χ4n) is 0.498. The molecule has 0 heterocycles. The molecule has 0 rings (SSSR count). The summed E-state index contributed by atoms with van der Waals surface area (Å²) in [5, 5.41) is 24.2. The molecule has 0 aliphatic rings. The van der Waals surface area contributed by atoms with Gasteiger partial charge in [-0.1, -0.05) is 27.2 Å². The summed E-state index contributed by atoms with van der Waals surface area (Å²) in [5.41, 5.74) is -1.08. The molecule has 0 saturated heterocycles. The number of hydrogen-bond acceptors (Lipinski definition) is 4. The summed E-state index contributed by atoms with van der Waals surface area (Å²) in [6.07, 6.45) is 2.01. The number of carboxylic acid groups (broad SMARTS) is 2. The van der Waals surface area contributed by atoms with Crippen molar-refractivity contribution in [2.75, 3.05) is 6.54 Å². The minimum atomic E-state index is -1.08. The molecular weight excluding hydrogens is 236 g/mol. The van der Waals surface area contributed by atoms with E-state index in [4.69, 9.17) is 10.2 Å². The molecule has 0 unspecified atom stereocenters. The molecule has 0 fully saturated rings. The van der Waals surface area contributed by atoms with E-state index in [9.17, 15) is 9.59 Å². The van der Waals surface area contributed by atoms with E-state index in [1.54, 1.807) is 13.8 Å². The zero-order chi connectivity index (χ0) is 14.8. The molecule has 6 heteroatoms. The van der Waals surface area contributed by atoms with Gasteiger partial charge in [-0.2, -0.15) is 10.2 Å². The van der Waals surface area contributed by atoms with Crippen molar-refractivity contribution in [2.45, 2.75) is 53.0 Å². The van der Waals surface area contributed by atoms with Gasteiger partial charge in [0, 0.05) is 0 Å². The van der Waals surface area contributed by atoms with Gasteiger partial charge in [-0.15, -0.1) is 0 Å². The zero-order valence-electron chi connectivity index (χ0n) is 11.8. The van der Waals surface area contributed by atoms with Gasteiger partial charge in [0.25, 0.3) is 0 Å². The van der Waals surface area contributed by atoms with Crippen LogP contribution in [0.25, 0.3) is 0 Å². The third-order valence-electron chi connectivity index (χ3n) is 1.95. The molecule has 106 valence electrons. The zero-order valence-corrected chi connectivity index (χ0v) is 11.8. The van der Waals surface area contributed by atoms with Gasteiger partial charge in [-0.25, -0.2) is 4.79 Å². The van der Waals surface area contributed by atoms with Crippen LogP contribution >= 0.6 is 0 Å². The Kier molecular flexibility index (Phi) is 10.0. The maximum atomic E-state index is 10.5. The van der Waals surface area contributed by atoms with Crippen molar-refractivity contribution in [1.82, 2.24) is 0 Å². The van der Waals surface area contributed by atoms with Crippen LogP contribution in [-0.4, -0.2) is 34.2 Å². The molecule has 0 aliphatic carbocycles. The highest BCUT2D eigenvalue weighted by atomic mass is 16.4. The Labute approximate surface area is 108 Å². The Morgan fingerprint density at radius 2 is 1.67 bits per heavy atom. The van der Waals surface area contributed by atoms with E-state index >= 15 is 0 Å². The van der Waals surface area contributed by atoms with Crippen molar-refractivity contribution in [3.05, 3.63) is 0 Å². The number of carbonyl (C=O) groups is 2. The van der Waals surface area contributed by atoms with Gasteiger partial charge < -0.3 is 10.2 Å². The summed E-state index contributed by atoms with van der Waals surface area (Å²) in [6.45, 7) is 9.02. The number of rotatable bonds is 6. The fourth-order valence-corrected chi connectivity index (χ4v) is 0.498. The Morgan fingerprint density at radius 1 is 1.22 bits per heavy atom. The number of unbranched alkanes of at least 4 members (excludes halogenated alkanes) is 1. The van der Waals surface area contributed by atoms with E-state index in [2.05, 4.69) is 17.2 Å². The average Bonchev–Trinajstić information content (AvgIpc) is 2.25. The second-order valence-corrected chi connectivity index (χ2v) is 4.68. The number of carboxylic acids is 2. The Balaban J connectivity index is 0. The maximum Gasteiger partial charge on any atom is 0.332 e. The molecule has 0 saturated carbocycles. The lowest BCUT2D eigenvalue weighted by Crippen LogP contribution is -2.28. The summed E-state index contributed by atoms with van der Waals surface area (Å²) in [6, 6.07) is 0. The summed E-state index contributed by atoms with van der Waals surface area (Å²) < 4.78 is 0. The first-order valence-electron chi connectivity index (χ1n) is 6.00. The molecule has 0 aromatic rings. The third-order valence-corrected chi connectivity index (χ3v) is 1.95. The minimum absolute atomic E-state index is 0.231. The van der Waals surface area contributed by atoms with Gasteiger partial charge in [0.15, 0.2) is 5.54 Å². The highest BCUT2D eigenvalue weighted by Gasteiger charge is 2.26. The SMILES string of the molecule is CC(C)C(=O)O.CCCCN=NC(C)(C)C(=O)O. The molecule has 6 nitrogen and oxygen atoms in total. The lowest BCUT2D eigenvalue weighted by molar-refractivity contribution is -0.142. The van der Waals surface area contributed by atoms with Crippen molar-refractivity contribution in [3.63, 3.8) is 0 Å². The molecule has 0 aromatic carbocycles. The van der Waals surface area contributed by atoms with Crippen LogP contribution in [0, 0.1) is 5.92 Å². The summed E-state index contributed by atoms with van der Waals surface area (Å²) in [5.74, 6) is -1.91. The summed E-state index contributed by atoms with van der Waals surface area (Å²) in [7, 11) is 0. The Hall–Kier alpha value is -1.46. The maximum absolute atomic E-state index is 10.5. The Morgan fingerprint density at radius 3 is 1.94 bits per heavy atom. The van der Waals surface area contributed by atoms with Crippen molar-refractivity contribution in [2.24, 2.45) is 16.1 Å². The van der Waals surface area contributed by atoms with Crippen LogP contribution in [0.4, 0.5) is 0 Å². The molecule has 0 aliphatic heterocycles. The van der Waals surface area contributed by atoms with Crippen molar-refractivity contribution in [1.29, 1.82) is 0 Å². The molecule has 18 heavy (non-hydrogen) atoms. The van der Waals surface area contributed by atoms with Gasteiger partial charge in [0.05, 0.1) is 12.5 Å². The lowest BCUT2D eigenvalue weighted by Gasteiger charge is -2.10. The van der Waals surface area contributed by atoms with Gasteiger partial charge in [0.2, 0.25) is 0 Å². The second kappa shape index (κ2) is 9.56. The normalized spacial score (nSPS) is 11.2. The van der Waals surface area contributed by atoms with E-state index in [-0.39, 0.29) is 5.92 Å². The summed E-state index contributed by atoms with van der Waals surface area (Å²) >= 11 is 0. The largest absolute Gasteiger partial charge is 0.481 e. The monoisotopic (exact) mass is 260 g/mol. The van der Waals surface area contributed by atoms with E-state index in [1.165, 1.54) is 13.8 Å². The first kappa shape index (κ1) is 18.9. The topological polar surface area (TPSA) is 99.3 Å². The van der Waals surface area contributed by atoms with Crippen LogP contribution in [0.3, 0.4) is 0 Å². The van der Waals surface area contributed by atoms with Crippen LogP contribution in [0.15, 0.2) is 10.2 Å². The van der Waals surface area contributed by atoms with Crippen molar-refractivity contribution < 1.29 is 19.8 Å². The molecule has 0 atom stereocenters. The van der Waals surface area contributed by atoms with E-state index in [0.717, 1.165) is 12.8 Å². The number of azo groups is 1. The molecule has 0 spiro atoms. The highest BCUT2D eigenvalue weighted by molar-refractivity contribution is 5.77. The van der Waals surface area contributed by atoms with Crippen LogP contribution in [-0.2, 0) is 9.59 Å². The van der Waals surface area contributed by atoms with Crippen LogP contribution in [0.1, 0.15) is 47.5 Å². The third kappa shape index (κ3) is 11.0. The molecule has 0 bridgehead atoms. The number of aliphatic carboxylic acids is 2. The lowest BCUT2D eigenvalue weighted by atomic mass is 10.1.